The molecule has 0 aliphatic heterocycles. The van der Waals surface area contributed by atoms with Gasteiger partial charge in [-0.1, -0.05) is 0 Å². The third-order valence-electron chi connectivity index (χ3n) is 2.18. The molecule has 0 saturated carbocycles. The highest BCUT2D eigenvalue weighted by Gasteiger charge is 2.14. The molecule has 18 heavy (non-hydrogen) atoms. The maximum atomic E-state index is 11.3. The molecule has 1 aromatic rings. The Morgan fingerprint density at radius 1 is 1.50 bits per heavy atom. The highest BCUT2D eigenvalue weighted by atomic mass is 16.4. The number of carbonyl (C=O) groups is 2. The lowest BCUT2D eigenvalue weighted by Crippen LogP contribution is -2.42. The molecule has 0 spiro atoms. The predicted molar refractivity (Wildman–Crippen MR) is 59.6 cm³/mol. The Labute approximate surface area is 103 Å². The average molecular weight is 257 g/mol. The van der Waals surface area contributed by atoms with Crippen LogP contribution in [-0.4, -0.2) is 49.6 Å². The Hall–Kier alpha value is -2.16. The van der Waals surface area contributed by atoms with E-state index in [1.54, 1.807) is 10.9 Å². The van der Waals surface area contributed by atoms with Crippen LogP contribution in [0.15, 0.2) is 6.33 Å². The number of aliphatic carboxylic acids is 1. The van der Waals surface area contributed by atoms with Crippen LogP contribution < -0.4 is 10.6 Å². The lowest BCUT2D eigenvalue weighted by atomic mass is 10.4. The Morgan fingerprint density at radius 2 is 2.22 bits per heavy atom. The molecule has 0 unspecified atom stereocenters. The zero-order valence-corrected chi connectivity index (χ0v) is 9.83. The molecule has 0 aliphatic carbocycles. The summed E-state index contributed by atoms with van der Waals surface area (Å²) < 4.78 is 1.76. The van der Waals surface area contributed by atoms with Crippen molar-refractivity contribution in [2.24, 2.45) is 0 Å². The molecule has 0 saturated heterocycles. The van der Waals surface area contributed by atoms with Gasteiger partial charge in [-0.3, -0.25) is 0 Å². The number of carbonyl (C=O) groups excluding carboxylic acids is 1. The van der Waals surface area contributed by atoms with Gasteiger partial charge in [0.05, 0.1) is 13.1 Å². The van der Waals surface area contributed by atoms with Gasteiger partial charge in [-0.15, -0.1) is 10.2 Å². The second-order valence-corrected chi connectivity index (χ2v) is 3.45. The zero-order chi connectivity index (χ0) is 13.5. The summed E-state index contributed by atoms with van der Waals surface area (Å²) in [7, 11) is 0. The predicted octanol–water partition coefficient (Wildman–Crippen LogP) is -1.46. The van der Waals surface area contributed by atoms with Crippen LogP contribution in [0.2, 0.25) is 0 Å². The van der Waals surface area contributed by atoms with Gasteiger partial charge in [0.2, 0.25) is 0 Å². The van der Waals surface area contributed by atoms with E-state index in [0.29, 0.717) is 12.4 Å². The highest BCUT2D eigenvalue weighted by Crippen LogP contribution is 1.93. The maximum Gasteiger partial charge on any atom is 0.334 e. The number of aliphatic hydroxyl groups excluding tert-OH is 1. The maximum absolute atomic E-state index is 11.3. The second-order valence-electron chi connectivity index (χ2n) is 3.45. The molecule has 0 radical (unpaired) electrons. The fourth-order valence-electron chi connectivity index (χ4n) is 1.18. The van der Waals surface area contributed by atoms with Crippen molar-refractivity contribution in [1.82, 2.24) is 25.4 Å². The Kier molecular flexibility index (Phi) is 5.06. The van der Waals surface area contributed by atoms with Crippen LogP contribution in [0.25, 0.3) is 0 Å². The Morgan fingerprint density at radius 3 is 2.83 bits per heavy atom. The molecule has 1 heterocycles. The first kappa shape index (κ1) is 13.9. The molecule has 100 valence electrons. The summed E-state index contributed by atoms with van der Waals surface area (Å²) in [5.41, 5.74) is 0. The van der Waals surface area contributed by atoms with Crippen LogP contribution in [0.3, 0.4) is 0 Å². The highest BCUT2D eigenvalue weighted by molar-refractivity contribution is 5.76. The summed E-state index contributed by atoms with van der Waals surface area (Å²) in [5.74, 6) is -0.799. The van der Waals surface area contributed by atoms with Gasteiger partial charge in [0, 0.05) is 6.54 Å². The van der Waals surface area contributed by atoms with E-state index in [0.717, 1.165) is 0 Å². The van der Waals surface area contributed by atoms with E-state index in [4.69, 9.17) is 10.2 Å². The summed E-state index contributed by atoms with van der Waals surface area (Å²) in [6.45, 7) is 2.41. The number of carboxylic acid groups (broad SMARTS) is 1. The molecule has 1 aromatic heterocycles. The van der Waals surface area contributed by atoms with Gasteiger partial charge in [-0.2, -0.15) is 0 Å². The summed E-state index contributed by atoms with van der Waals surface area (Å²) in [6, 6.07) is -0.582. The molecule has 0 aliphatic rings. The molecule has 4 N–H and O–H groups in total. The fourth-order valence-corrected chi connectivity index (χ4v) is 1.18. The zero-order valence-electron chi connectivity index (χ0n) is 9.83. The minimum atomic E-state index is -1.62. The molecule has 0 fully saturated rings. The van der Waals surface area contributed by atoms with Crippen molar-refractivity contribution in [1.29, 1.82) is 0 Å². The normalized spacial score (nSPS) is 11.9. The summed E-state index contributed by atoms with van der Waals surface area (Å²) in [5, 5.41) is 29.5. The number of hydrogen-bond acceptors (Lipinski definition) is 5. The van der Waals surface area contributed by atoms with Gasteiger partial charge < -0.3 is 25.4 Å². The van der Waals surface area contributed by atoms with E-state index >= 15 is 0 Å². The standard InChI is InChI=1S/C9H15N5O4/c1-2-14-5-12-13-7(14)4-11-9(18)10-3-6(15)8(16)17/h5-6,15H,2-4H2,1H3,(H,16,17)(H2,10,11,18)/t6-/m0/s1. The van der Waals surface area contributed by atoms with Gasteiger partial charge >= 0.3 is 12.0 Å². The van der Waals surface area contributed by atoms with Gasteiger partial charge in [-0.05, 0) is 6.92 Å². The minimum absolute atomic E-state index is 0.169. The van der Waals surface area contributed by atoms with Gasteiger partial charge in [0.15, 0.2) is 11.9 Å². The fraction of sp³-hybridized carbons (Fsp3) is 0.556. The first-order valence-electron chi connectivity index (χ1n) is 5.33. The van der Waals surface area contributed by atoms with Crippen molar-refractivity contribution in [3.63, 3.8) is 0 Å². The Bertz CT molecular complexity index is 419. The second kappa shape index (κ2) is 6.55. The van der Waals surface area contributed by atoms with Crippen molar-refractivity contribution in [2.75, 3.05) is 6.54 Å². The lowest BCUT2D eigenvalue weighted by Gasteiger charge is -2.09. The van der Waals surface area contributed by atoms with Crippen molar-refractivity contribution in [2.45, 2.75) is 26.1 Å². The molecule has 2 amide bonds. The van der Waals surface area contributed by atoms with Gasteiger partial charge in [0.25, 0.3) is 0 Å². The number of aryl methyl sites for hydroxylation is 1. The molecule has 0 aromatic carbocycles. The number of nitrogens with zero attached hydrogens (tertiary/aromatic N) is 3. The number of hydrogen-bond donors (Lipinski definition) is 4. The van der Waals surface area contributed by atoms with Crippen LogP contribution in [0.1, 0.15) is 12.7 Å². The molecule has 1 rings (SSSR count). The molecule has 1 atom stereocenters. The van der Waals surface area contributed by atoms with Crippen LogP contribution >= 0.6 is 0 Å². The molecular formula is C9H15N5O4. The number of nitrogens with one attached hydrogen (secondary N) is 2. The third kappa shape index (κ3) is 4.01. The van der Waals surface area contributed by atoms with Crippen molar-refractivity contribution < 1.29 is 19.8 Å². The molecule has 9 heteroatoms. The van der Waals surface area contributed by atoms with Crippen LogP contribution in [0.5, 0.6) is 0 Å². The van der Waals surface area contributed by atoms with Gasteiger partial charge in [0.1, 0.15) is 6.33 Å². The first-order valence-corrected chi connectivity index (χ1v) is 5.33. The number of amides is 2. The van der Waals surface area contributed by atoms with E-state index in [9.17, 15) is 9.59 Å². The lowest BCUT2D eigenvalue weighted by molar-refractivity contribution is -0.146. The number of aliphatic hydroxyl groups is 1. The van der Waals surface area contributed by atoms with Crippen LogP contribution in [0.4, 0.5) is 4.79 Å². The summed E-state index contributed by atoms with van der Waals surface area (Å²) in [6.07, 6.45) is -0.0710. The molecule has 0 bridgehead atoms. The SMILES string of the molecule is CCn1cnnc1CNC(=O)NC[C@H](O)C(=O)O. The van der Waals surface area contributed by atoms with E-state index in [1.807, 2.05) is 6.92 Å². The summed E-state index contributed by atoms with van der Waals surface area (Å²) in [4.78, 5) is 21.6. The number of rotatable bonds is 6. The minimum Gasteiger partial charge on any atom is -0.479 e. The van der Waals surface area contributed by atoms with E-state index in [1.165, 1.54) is 0 Å². The van der Waals surface area contributed by atoms with E-state index < -0.39 is 18.1 Å². The van der Waals surface area contributed by atoms with Crippen molar-refractivity contribution in [3.8, 4) is 0 Å². The quantitative estimate of drug-likeness (QED) is 0.493. The molecular weight excluding hydrogens is 242 g/mol. The van der Waals surface area contributed by atoms with Crippen LogP contribution in [0, 0.1) is 0 Å². The Balaban J connectivity index is 2.31. The first-order chi connectivity index (χ1) is 8.54. The number of carboxylic acids is 1. The number of urea groups is 1. The van der Waals surface area contributed by atoms with E-state index in [2.05, 4.69) is 20.8 Å². The topological polar surface area (TPSA) is 129 Å². The van der Waals surface area contributed by atoms with Crippen LogP contribution in [-0.2, 0) is 17.9 Å². The summed E-state index contributed by atoms with van der Waals surface area (Å²) >= 11 is 0. The molecule has 9 nitrogen and oxygen atoms in total. The monoisotopic (exact) mass is 257 g/mol. The van der Waals surface area contributed by atoms with E-state index in [-0.39, 0.29) is 13.1 Å². The largest absolute Gasteiger partial charge is 0.479 e. The smallest absolute Gasteiger partial charge is 0.334 e. The average Bonchev–Trinajstić information content (AvgIpc) is 2.80. The van der Waals surface area contributed by atoms with Crippen molar-refractivity contribution in [3.05, 3.63) is 12.2 Å². The van der Waals surface area contributed by atoms with Crippen molar-refractivity contribution >= 4 is 12.0 Å². The number of aromatic nitrogens is 3. The third-order valence-corrected chi connectivity index (χ3v) is 2.18. The van der Waals surface area contributed by atoms with Gasteiger partial charge in [-0.25, -0.2) is 9.59 Å².